The lowest BCUT2D eigenvalue weighted by atomic mass is 10.0. The highest BCUT2D eigenvalue weighted by molar-refractivity contribution is 5.71. The average Bonchev–Trinajstić information content (AvgIpc) is 3.40. The quantitative estimate of drug-likeness (QED) is 0.0261. The first-order valence-corrected chi connectivity index (χ1v) is 32.3. The van der Waals surface area contributed by atoms with Crippen molar-refractivity contribution in [2.45, 2.75) is 341 Å². The molecule has 0 aliphatic carbocycles. The van der Waals surface area contributed by atoms with E-state index in [1.54, 1.807) is 0 Å². The van der Waals surface area contributed by atoms with Crippen molar-refractivity contribution in [1.29, 1.82) is 0 Å². The van der Waals surface area contributed by atoms with Gasteiger partial charge in [0.1, 0.15) is 13.2 Å². The molecule has 0 aromatic rings. The molecule has 0 amide bonds. The molecule has 0 aliphatic rings. The SMILES string of the molecule is CC/C=C\C/C=C\C/C=C\C/C=C\CCCCC(=O)OC(COC(=O)CCCCCCC/C=C\CCCCCCCC)COC(=O)CCCCCCCCCCCCCCCCCCCCCCCCCCCC. The first kappa shape index (κ1) is 71.1. The summed E-state index contributed by atoms with van der Waals surface area (Å²) >= 11 is 0. The van der Waals surface area contributed by atoms with Gasteiger partial charge in [0.05, 0.1) is 0 Å². The molecule has 6 nitrogen and oxygen atoms in total. The molecule has 0 aliphatic heterocycles. The topological polar surface area (TPSA) is 78.9 Å². The lowest BCUT2D eigenvalue weighted by Gasteiger charge is -2.18. The number of rotatable bonds is 59. The van der Waals surface area contributed by atoms with Gasteiger partial charge < -0.3 is 14.2 Å². The summed E-state index contributed by atoms with van der Waals surface area (Å²) in [7, 11) is 0. The minimum atomic E-state index is -0.798. The Kier molecular flexibility index (Phi) is 60.2. The minimum absolute atomic E-state index is 0.0906. The van der Waals surface area contributed by atoms with Crippen molar-refractivity contribution in [3.63, 3.8) is 0 Å². The summed E-state index contributed by atoms with van der Waals surface area (Å²) in [5.74, 6) is -0.925. The number of hydrogen-bond donors (Lipinski definition) is 0. The summed E-state index contributed by atoms with van der Waals surface area (Å²) in [4.78, 5) is 38.2. The number of unbranched alkanes of at least 4 members (excludes halogenated alkanes) is 38. The van der Waals surface area contributed by atoms with Gasteiger partial charge in [-0.15, -0.1) is 0 Å². The van der Waals surface area contributed by atoms with Crippen LogP contribution in [0.15, 0.2) is 60.8 Å². The first-order valence-electron chi connectivity index (χ1n) is 32.3. The van der Waals surface area contributed by atoms with Gasteiger partial charge in [0.2, 0.25) is 0 Å². The smallest absolute Gasteiger partial charge is 0.306 e. The summed E-state index contributed by atoms with van der Waals surface area (Å²) < 4.78 is 16.9. The Bertz CT molecular complexity index is 1330. The van der Waals surface area contributed by atoms with Crippen LogP contribution in [0, 0.1) is 0 Å². The van der Waals surface area contributed by atoms with Gasteiger partial charge >= 0.3 is 17.9 Å². The van der Waals surface area contributed by atoms with Gasteiger partial charge in [0.25, 0.3) is 0 Å². The monoisotopic (exact) mass is 1030 g/mol. The summed E-state index contributed by atoms with van der Waals surface area (Å²) in [6.45, 7) is 6.53. The van der Waals surface area contributed by atoms with Crippen LogP contribution in [0.25, 0.3) is 0 Å². The third kappa shape index (κ3) is 60.0. The standard InChI is InChI=1S/C68H122O6/c1-4-7-10-13-16-19-22-25-28-29-30-31-32-33-34-35-36-37-38-41-43-46-49-52-55-58-61-67(70)73-64-65(74-68(71)62-59-56-53-50-47-44-40-27-24-21-18-15-12-9-6-3)63-72-66(69)60-57-54-51-48-45-42-39-26-23-20-17-14-11-8-5-2/h9,12,18,21,26-27,39-40,47,50,65H,4-8,10-11,13-17,19-20,22-25,28-38,41-46,48-49,51-64H2,1-3H3/b12-9-,21-18-,39-26-,40-27-,50-47-. The molecule has 0 heterocycles. The summed E-state index contributed by atoms with van der Waals surface area (Å²) in [5.41, 5.74) is 0. The molecule has 0 bridgehead atoms. The van der Waals surface area contributed by atoms with E-state index in [-0.39, 0.29) is 37.5 Å². The second kappa shape index (κ2) is 62.6. The highest BCUT2D eigenvalue weighted by atomic mass is 16.6. The van der Waals surface area contributed by atoms with Gasteiger partial charge in [-0.2, -0.15) is 0 Å². The molecule has 0 saturated carbocycles. The van der Waals surface area contributed by atoms with E-state index >= 15 is 0 Å². The van der Waals surface area contributed by atoms with Crippen LogP contribution >= 0.6 is 0 Å². The van der Waals surface area contributed by atoms with Gasteiger partial charge in [-0.25, -0.2) is 0 Å². The van der Waals surface area contributed by atoms with Gasteiger partial charge in [-0.3, -0.25) is 14.4 Å². The second-order valence-corrected chi connectivity index (χ2v) is 21.6. The van der Waals surface area contributed by atoms with Gasteiger partial charge in [0.15, 0.2) is 6.10 Å². The predicted octanol–water partition coefficient (Wildman–Crippen LogP) is 21.9. The molecule has 0 spiro atoms. The highest BCUT2D eigenvalue weighted by Crippen LogP contribution is 2.17. The largest absolute Gasteiger partial charge is 0.462 e. The van der Waals surface area contributed by atoms with Crippen molar-refractivity contribution in [3.8, 4) is 0 Å². The van der Waals surface area contributed by atoms with Crippen molar-refractivity contribution in [3.05, 3.63) is 60.8 Å². The zero-order chi connectivity index (χ0) is 53.6. The third-order valence-corrected chi connectivity index (χ3v) is 14.3. The Morgan fingerprint density at radius 2 is 0.527 bits per heavy atom. The number of esters is 3. The lowest BCUT2D eigenvalue weighted by molar-refractivity contribution is -0.167. The van der Waals surface area contributed by atoms with Crippen LogP contribution in [0.2, 0.25) is 0 Å². The van der Waals surface area contributed by atoms with Crippen molar-refractivity contribution < 1.29 is 28.6 Å². The Hall–Kier alpha value is -2.89. The van der Waals surface area contributed by atoms with E-state index in [0.717, 1.165) is 83.5 Å². The van der Waals surface area contributed by atoms with Crippen molar-refractivity contribution in [2.75, 3.05) is 13.2 Å². The fourth-order valence-electron chi connectivity index (χ4n) is 9.43. The van der Waals surface area contributed by atoms with E-state index in [9.17, 15) is 14.4 Å². The zero-order valence-corrected chi connectivity index (χ0v) is 49.4. The van der Waals surface area contributed by atoms with Crippen LogP contribution in [0.4, 0.5) is 0 Å². The predicted molar refractivity (Wildman–Crippen MR) is 321 cm³/mol. The second-order valence-electron chi connectivity index (χ2n) is 21.6. The number of ether oxygens (including phenoxy) is 3. The normalized spacial score (nSPS) is 12.4. The fourth-order valence-corrected chi connectivity index (χ4v) is 9.43. The van der Waals surface area contributed by atoms with E-state index in [1.165, 1.54) is 205 Å². The molecule has 0 N–H and O–H groups in total. The highest BCUT2D eigenvalue weighted by Gasteiger charge is 2.19. The molecule has 0 fully saturated rings. The molecule has 0 saturated heterocycles. The maximum absolute atomic E-state index is 12.9. The zero-order valence-electron chi connectivity index (χ0n) is 49.4. The van der Waals surface area contributed by atoms with E-state index in [4.69, 9.17) is 14.2 Å². The summed E-state index contributed by atoms with van der Waals surface area (Å²) in [6.07, 6.45) is 79.6. The molecular formula is C68H122O6. The molecule has 0 rings (SSSR count). The van der Waals surface area contributed by atoms with Crippen molar-refractivity contribution in [2.24, 2.45) is 0 Å². The lowest BCUT2D eigenvalue weighted by Crippen LogP contribution is -2.30. The molecule has 74 heavy (non-hydrogen) atoms. The molecule has 430 valence electrons. The number of carbonyl (C=O) groups is 3. The van der Waals surface area contributed by atoms with Crippen LogP contribution in [0.5, 0.6) is 0 Å². The number of hydrogen-bond acceptors (Lipinski definition) is 6. The molecular weight excluding hydrogens is 913 g/mol. The molecule has 0 radical (unpaired) electrons. The third-order valence-electron chi connectivity index (χ3n) is 14.3. The van der Waals surface area contributed by atoms with E-state index in [1.807, 2.05) is 0 Å². The maximum atomic E-state index is 12.9. The van der Waals surface area contributed by atoms with Crippen LogP contribution in [0.1, 0.15) is 335 Å². The summed E-state index contributed by atoms with van der Waals surface area (Å²) in [5, 5.41) is 0. The van der Waals surface area contributed by atoms with Gasteiger partial charge in [0, 0.05) is 19.3 Å². The van der Waals surface area contributed by atoms with Gasteiger partial charge in [-0.1, -0.05) is 293 Å². The van der Waals surface area contributed by atoms with Gasteiger partial charge in [-0.05, 0) is 83.5 Å². The number of carbonyl (C=O) groups excluding carboxylic acids is 3. The van der Waals surface area contributed by atoms with Crippen LogP contribution in [0.3, 0.4) is 0 Å². The van der Waals surface area contributed by atoms with E-state index < -0.39 is 6.10 Å². The Balaban J connectivity index is 4.27. The molecule has 0 aromatic heterocycles. The number of allylic oxidation sites excluding steroid dienone is 10. The molecule has 0 aromatic carbocycles. The fraction of sp³-hybridized carbons (Fsp3) is 0.809. The summed E-state index contributed by atoms with van der Waals surface area (Å²) in [6, 6.07) is 0. The minimum Gasteiger partial charge on any atom is -0.462 e. The van der Waals surface area contributed by atoms with Crippen LogP contribution in [-0.2, 0) is 28.6 Å². The maximum Gasteiger partial charge on any atom is 0.306 e. The van der Waals surface area contributed by atoms with Crippen molar-refractivity contribution >= 4 is 17.9 Å². The molecule has 1 atom stereocenters. The van der Waals surface area contributed by atoms with E-state index in [0.29, 0.717) is 19.3 Å². The first-order chi connectivity index (χ1) is 36.5. The molecule has 6 heteroatoms. The van der Waals surface area contributed by atoms with E-state index in [2.05, 4.69) is 81.5 Å². The van der Waals surface area contributed by atoms with Crippen LogP contribution in [-0.4, -0.2) is 37.2 Å². The van der Waals surface area contributed by atoms with Crippen molar-refractivity contribution in [1.82, 2.24) is 0 Å². The Labute approximate surface area is 460 Å². The Morgan fingerprint density at radius 3 is 0.865 bits per heavy atom. The molecule has 1 unspecified atom stereocenters. The Morgan fingerprint density at radius 1 is 0.284 bits per heavy atom. The van der Waals surface area contributed by atoms with Crippen LogP contribution < -0.4 is 0 Å². The average molecular weight is 1040 g/mol.